The molecule has 0 atom stereocenters. The molecule has 0 spiro atoms. The van der Waals surface area contributed by atoms with E-state index >= 15 is 0 Å². The molecule has 1 saturated heterocycles. The number of aromatic nitrogens is 4. The fourth-order valence-corrected chi connectivity index (χ4v) is 3.71. The van der Waals surface area contributed by atoms with Crippen molar-refractivity contribution in [3.8, 4) is 0 Å². The summed E-state index contributed by atoms with van der Waals surface area (Å²) in [5.41, 5.74) is 1.87. The second kappa shape index (κ2) is 8.61. The van der Waals surface area contributed by atoms with E-state index in [4.69, 9.17) is 32.7 Å². The van der Waals surface area contributed by atoms with E-state index < -0.39 is 0 Å². The van der Waals surface area contributed by atoms with Gasteiger partial charge in [-0.1, -0.05) is 29.3 Å². The molecule has 0 N–H and O–H groups in total. The molecular weight excluding hydrogens is 401 g/mol. The standard InChI is InChI=1S/C19H21Cl2N5O2/c1-27-11-14-9-18(26-19(24-14)22-12-23-26)25-6-4-15(5-7-25)28-10-13-2-3-16(20)17(21)8-13/h2-3,8-9,12,15H,4-7,10-11H2,1H3. The highest BCUT2D eigenvalue weighted by atomic mass is 35.5. The van der Waals surface area contributed by atoms with Crippen molar-refractivity contribution in [3.05, 3.63) is 51.9 Å². The lowest BCUT2D eigenvalue weighted by Gasteiger charge is -2.33. The molecule has 2 aromatic heterocycles. The fraction of sp³-hybridized carbons (Fsp3) is 0.421. The van der Waals surface area contributed by atoms with Gasteiger partial charge in [-0.2, -0.15) is 14.6 Å². The minimum absolute atomic E-state index is 0.206. The molecule has 0 radical (unpaired) electrons. The minimum Gasteiger partial charge on any atom is -0.378 e. The van der Waals surface area contributed by atoms with Gasteiger partial charge in [0.1, 0.15) is 12.1 Å². The van der Waals surface area contributed by atoms with Gasteiger partial charge in [-0.3, -0.25) is 0 Å². The van der Waals surface area contributed by atoms with Crippen molar-refractivity contribution in [2.24, 2.45) is 0 Å². The van der Waals surface area contributed by atoms with Gasteiger partial charge in [0.15, 0.2) is 0 Å². The van der Waals surface area contributed by atoms with Crippen molar-refractivity contribution in [1.29, 1.82) is 0 Å². The van der Waals surface area contributed by atoms with Crippen molar-refractivity contribution in [3.63, 3.8) is 0 Å². The van der Waals surface area contributed by atoms with Crippen LogP contribution in [-0.2, 0) is 22.7 Å². The van der Waals surface area contributed by atoms with E-state index in [1.807, 2.05) is 18.2 Å². The van der Waals surface area contributed by atoms with Crippen LogP contribution in [0, 0.1) is 0 Å². The average molecular weight is 422 g/mol. The zero-order valence-corrected chi connectivity index (χ0v) is 17.0. The summed E-state index contributed by atoms with van der Waals surface area (Å²) in [5.74, 6) is 1.57. The summed E-state index contributed by atoms with van der Waals surface area (Å²) in [7, 11) is 1.66. The van der Waals surface area contributed by atoms with E-state index in [2.05, 4.69) is 20.0 Å². The second-order valence-corrected chi connectivity index (χ2v) is 7.57. The number of fused-ring (bicyclic) bond motifs is 1. The van der Waals surface area contributed by atoms with Gasteiger partial charge >= 0.3 is 0 Å². The minimum atomic E-state index is 0.206. The number of ether oxygens (including phenoxy) is 2. The van der Waals surface area contributed by atoms with Gasteiger partial charge in [0.2, 0.25) is 0 Å². The normalized spacial score (nSPS) is 15.5. The first-order chi connectivity index (χ1) is 13.6. The van der Waals surface area contributed by atoms with Crippen LogP contribution in [0.2, 0.25) is 10.0 Å². The highest BCUT2D eigenvalue weighted by molar-refractivity contribution is 6.42. The summed E-state index contributed by atoms with van der Waals surface area (Å²) >= 11 is 12.0. The van der Waals surface area contributed by atoms with Gasteiger partial charge in [-0.25, -0.2) is 4.98 Å². The van der Waals surface area contributed by atoms with Crippen molar-refractivity contribution >= 4 is 34.8 Å². The Morgan fingerprint density at radius 1 is 1.11 bits per heavy atom. The van der Waals surface area contributed by atoms with E-state index in [0.29, 0.717) is 29.0 Å². The maximum atomic E-state index is 6.09. The molecule has 1 aliphatic heterocycles. The van der Waals surface area contributed by atoms with Crippen LogP contribution >= 0.6 is 23.2 Å². The monoisotopic (exact) mass is 421 g/mol. The number of methoxy groups -OCH3 is 1. The number of benzene rings is 1. The number of anilines is 1. The molecule has 4 rings (SSSR count). The summed E-state index contributed by atoms with van der Waals surface area (Å²) in [6.07, 6.45) is 3.59. The largest absolute Gasteiger partial charge is 0.378 e. The van der Waals surface area contributed by atoms with E-state index in [0.717, 1.165) is 43.0 Å². The summed E-state index contributed by atoms with van der Waals surface area (Å²) in [6.45, 7) is 2.72. The Balaban J connectivity index is 1.39. The van der Waals surface area contributed by atoms with Crippen LogP contribution < -0.4 is 4.90 Å². The molecule has 1 aliphatic rings. The molecule has 0 unspecified atom stereocenters. The first-order valence-electron chi connectivity index (χ1n) is 9.13. The number of halogens is 2. The Morgan fingerprint density at radius 3 is 2.68 bits per heavy atom. The van der Waals surface area contributed by atoms with Crippen molar-refractivity contribution in [2.75, 3.05) is 25.1 Å². The third kappa shape index (κ3) is 4.22. The van der Waals surface area contributed by atoms with E-state index in [-0.39, 0.29) is 6.10 Å². The molecular formula is C19H21Cl2N5O2. The van der Waals surface area contributed by atoms with Crippen LogP contribution in [0.5, 0.6) is 0 Å². The Hall–Kier alpha value is -1.93. The lowest BCUT2D eigenvalue weighted by molar-refractivity contribution is 0.0250. The molecule has 0 amide bonds. The van der Waals surface area contributed by atoms with Gasteiger partial charge in [0.25, 0.3) is 5.78 Å². The van der Waals surface area contributed by atoms with Gasteiger partial charge in [-0.15, -0.1) is 0 Å². The van der Waals surface area contributed by atoms with Crippen LogP contribution in [0.1, 0.15) is 24.1 Å². The maximum Gasteiger partial charge on any atom is 0.254 e. The molecule has 28 heavy (non-hydrogen) atoms. The van der Waals surface area contributed by atoms with Crippen LogP contribution in [0.4, 0.5) is 5.82 Å². The maximum absolute atomic E-state index is 6.09. The molecule has 1 fully saturated rings. The molecule has 9 heteroatoms. The van der Waals surface area contributed by atoms with E-state index in [1.165, 1.54) is 6.33 Å². The van der Waals surface area contributed by atoms with Crippen LogP contribution in [0.3, 0.4) is 0 Å². The zero-order valence-electron chi connectivity index (χ0n) is 15.5. The summed E-state index contributed by atoms with van der Waals surface area (Å²) in [5, 5.41) is 5.42. The summed E-state index contributed by atoms with van der Waals surface area (Å²) in [4.78, 5) is 11.0. The second-order valence-electron chi connectivity index (χ2n) is 6.76. The van der Waals surface area contributed by atoms with Crippen LogP contribution in [-0.4, -0.2) is 45.9 Å². The Morgan fingerprint density at radius 2 is 1.93 bits per heavy atom. The zero-order chi connectivity index (χ0) is 19.5. The number of piperidine rings is 1. The Labute approximate surface area is 173 Å². The molecule has 3 aromatic rings. The topological polar surface area (TPSA) is 64.8 Å². The van der Waals surface area contributed by atoms with Gasteiger partial charge < -0.3 is 14.4 Å². The highest BCUT2D eigenvalue weighted by Crippen LogP contribution is 2.25. The summed E-state index contributed by atoms with van der Waals surface area (Å²) < 4.78 is 13.1. The highest BCUT2D eigenvalue weighted by Gasteiger charge is 2.23. The molecule has 0 aliphatic carbocycles. The summed E-state index contributed by atoms with van der Waals surface area (Å²) in [6, 6.07) is 7.62. The molecule has 7 nitrogen and oxygen atoms in total. The van der Waals surface area contributed by atoms with Crippen LogP contribution in [0.25, 0.3) is 5.78 Å². The van der Waals surface area contributed by atoms with Gasteiger partial charge in [-0.05, 0) is 30.5 Å². The third-order valence-electron chi connectivity index (χ3n) is 4.81. The van der Waals surface area contributed by atoms with Crippen LogP contribution in [0.15, 0.2) is 30.6 Å². The molecule has 148 valence electrons. The third-order valence-corrected chi connectivity index (χ3v) is 5.55. The van der Waals surface area contributed by atoms with Gasteiger partial charge in [0.05, 0.1) is 35.1 Å². The molecule has 1 aromatic carbocycles. The molecule has 3 heterocycles. The smallest absolute Gasteiger partial charge is 0.254 e. The number of hydrogen-bond donors (Lipinski definition) is 0. The first-order valence-corrected chi connectivity index (χ1v) is 9.88. The SMILES string of the molecule is COCc1cc(N2CCC(OCc3ccc(Cl)c(Cl)c3)CC2)n2ncnc2n1. The Kier molecular flexibility index (Phi) is 5.96. The predicted octanol–water partition coefficient (Wildman–Crippen LogP) is 3.76. The predicted molar refractivity (Wildman–Crippen MR) is 108 cm³/mol. The molecule has 0 bridgehead atoms. The van der Waals surface area contributed by atoms with Crippen molar-refractivity contribution < 1.29 is 9.47 Å². The lowest BCUT2D eigenvalue weighted by atomic mass is 10.1. The Bertz CT molecular complexity index is 957. The lowest BCUT2D eigenvalue weighted by Crippen LogP contribution is -2.38. The number of rotatable bonds is 6. The number of hydrogen-bond acceptors (Lipinski definition) is 6. The van der Waals surface area contributed by atoms with Crippen molar-refractivity contribution in [2.45, 2.75) is 32.2 Å². The van der Waals surface area contributed by atoms with E-state index in [1.54, 1.807) is 17.7 Å². The van der Waals surface area contributed by atoms with E-state index in [9.17, 15) is 0 Å². The average Bonchev–Trinajstić information content (AvgIpc) is 3.18. The first kappa shape index (κ1) is 19.4. The van der Waals surface area contributed by atoms with Crippen molar-refractivity contribution in [1.82, 2.24) is 19.6 Å². The fourth-order valence-electron chi connectivity index (χ4n) is 3.39. The number of nitrogens with zero attached hydrogens (tertiary/aromatic N) is 5. The van der Waals surface area contributed by atoms with Gasteiger partial charge in [0, 0.05) is 26.3 Å². The molecule has 0 saturated carbocycles. The quantitative estimate of drug-likeness (QED) is 0.603.